The van der Waals surface area contributed by atoms with Crippen LogP contribution in [0.3, 0.4) is 0 Å². The maximum absolute atomic E-state index is 14.1. The molecular formula is C23H22FN5O. The number of anilines is 2. The fourth-order valence-electron chi connectivity index (χ4n) is 4.37. The van der Waals surface area contributed by atoms with E-state index in [4.69, 9.17) is 16.3 Å². The van der Waals surface area contributed by atoms with E-state index in [9.17, 15) is 4.39 Å². The molecule has 4 heterocycles. The molecule has 2 aliphatic rings. The summed E-state index contributed by atoms with van der Waals surface area (Å²) in [4.78, 5) is 15.2. The van der Waals surface area contributed by atoms with Gasteiger partial charge in [0.1, 0.15) is 22.9 Å². The lowest BCUT2D eigenvalue weighted by Crippen LogP contribution is -2.24. The normalized spacial score (nSPS) is 20.8. The van der Waals surface area contributed by atoms with Crippen LogP contribution in [0, 0.1) is 12.4 Å². The van der Waals surface area contributed by atoms with E-state index in [-0.39, 0.29) is 17.9 Å². The lowest BCUT2D eigenvalue weighted by Gasteiger charge is -2.28. The Morgan fingerprint density at radius 2 is 2.17 bits per heavy atom. The number of hydrogen-bond donors (Lipinski definition) is 1. The highest BCUT2D eigenvalue weighted by Crippen LogP contribution is 2.41. The van der Waals surface area contributed by atoms with Gasteiger partial charge in [-0.1, -0.05) is 0 Å². The zero-order valence-corrected chi connectivity index (χ0v) is 16.7. The van der Waals surface area contributed by atoms with Gasteiger partial charge in [-0.2, -0.15) is 0 Å². The molecule has 152 valence electrons. The van der Waals surface area contributed by atoms with Crippen LogP contribution in [0.4, 0.5) is 21.6 Å². The number of nitrogens with one attached hydrogen (secondary N) is 1. The first-order valence-electron chi connectivity index (χ1n) is 10.3. The first-order chi connectivity index (χ1) is 14.6. The van der Waals surface area contributed by atoms with Gasteiger partial charge < -0.3 is 15.0 Å². The molecule has 1 aromatic carbocycles. The molecule has 6 nitrogen and oxygen atoms in total. The maximum Gasteiger partial charge on any atom is 0.229 e. The van der Waals surface area contributed by atoms with E-state index in [1.54, 1.807) is 18.3 Å². The smallest absolute Gasteiger partial charge is 0.229 e. The molecule has 0 spiro atoms. The van der Waals surface area contributed by atoms with Gasteiger partial charge >= 0.3 is 0 Å². The third-order valence-electron chi connectivity index (χ3n) is 5.88. The quantitative estimate of drug-likeness (QED) is 0.520. The van der Waals surface area contributed by atoms with Gasteiger partial charge in [-0.15, -0.1) is 0 Å². The van der Waals surface area contributed by atoms with Crippen LogP contribution in [0.1, 0.15) is 37.8 Å². The van der Waals surface area contributed by atoms with Crippen LogP contribution in [0.15, 0.2) is 36.5 Å². The SMILES string of the molecule is [C-]#[N+]c1cnc2ccc3nc2c1N[C@@H](C)CCOc1ccc(F)cc1[C@@H]1CCCN31. The summed E-state index contributed by atoms with van der Waals surface area (Å²) in [6, 6.07) is 8.72. The van der Waals surface area contributed by atoms with Crippen molar-refractivity contribution in [1.29, 1.82) is 0 Å². The van der Waals surface area contributed by atoms with E-state index in [2.05, 4.69) is 27.0 Å². The van der Waals surface area contributed by atoms with Crippen LogP contribution in [0.25, 0.3) is 15.9 Å². The first kappa shape index (κ1) is 18.6. The Morgan fingerprint density at radius 1 is 1.27 bits per heavy atom. The van der Waals surface area contributed by atoms with Gasteiger partial charge in [-0.25, -0.2) is 14.2 Å². The first-order valence-corrected chi connectivity index (χ1v) is 10.3. The highest BCUT2D eigenvalue weighted by molar-refractivity contribution is 5.95. The molecule has 1 saturated heterocycles. The minimum Gasteiger partial charge on any atom is -0.493 e. The second-order valence-corrected chi connectivity index (χ2v) is 7.88. The highest BCUT2D eigenvalue weighted by atomic mass is 19.1. The van der Waals surface area contributed by atoms with Gasteiger partial charge in [0.25, 0.3) is 0 Å². The Kier molecular flexibility index (Phi) is 4.62. The molecule has 2 aromatic heterocycles. The molecule has 0 radical (unpaired) electrons. The summed E-state index contributed by atoms with van der Waals surface area (Å²) in [5, 5.41) is 3.45. The molecule has 30 heavy (non-hydrogen) atoms. The molecule has 1 fully saturated rings. The second kappa shape index (κ2) is 7.45. The summed E-state index contributed by atoms with van der Waals surface area (Å²) in [7, 11) is 0. The number of pyridine rings is 2. The predicted molar refractivity (Wildman–Crippen MR) is 115 cm³/mol. The van der Waals surface area contributed by atoms with Gasteiger partial charge in [-0.05, 0) is 50.1 Å². The van der Waals surface area contributed by atoms with Crippen LogP contribution in [-0.2, 0) is 0 Å². The van der Waals surface area contributed by atoms with Crippen molar-refractivity contribution >= 4 is 28.2 Å². The lowest BCUT2D eigenvalue weighted by molar-refractivity contribution is 0.299. The number of fused-ring (bicyclic) bond motifs is 5. The largest absolute Gasteiger partial charge is 0.493 e. The third-order valence-corrected chi connectivity index (χ3v) is 5.88. The molecule has 1 N–H and O–H groups in total. The molecular weight excluding hydrogens is 381 g/mol. The second-order valence-electron chi connectivity index (χ2n) is 7.88. The number of benzene rings is 1. The van der Waals surface area contributed by atoms with E-state index in [1.807, 2.05) is 12.1 Å². The topological polar surface area (TPSA) is 54.6 Å². The number of aromatic nitrogens is 2. The number of nitrogens with zero attached hydrogens (tertiary/aromatic N) is 4. The van der Waals surface area contributed by atoms with E-state index >= 15 is 0 Å². The van der Waals surface area contributed by atoms with E-state index in [0.29, 0.717) is 23.5 Å². The molecule has 2 atom stereocenters. The van der Waals surface area contributed by atoms with Gasteiger partial charge in [-0.3, -0.25) is 4.98 Å². The molecule has 2 bridgehead atoms. The van der Waals surface area contributed by atoms with Gasteiger partial charge in [0.2, 0.25) is 5.69 Å². The molecule has 5 rings (SSSR count). The van der Waals surface area contributed by atoms with Gasteiger partial charge in [0, 0.05) is 30.8 Å². The van der Waals surface area contributed by atoms with E-state index in [0.717, 1.165) is 48.5 Å². The number of hydrogen-bond acceptors (Lipinski definition) is 5. The van der Waals surface area contributed by atoms with Crippen molar-refractivity contribution in [2.75, 3.05) is 23.4 Å². The summed E-state index contributed by atoms with van der Waals surface area (Å²) >= 11 is 0. The predicted octanol–water partition coefficient (Wildman–Crippen LogP) is 5.24. The summed E-state index contributed by atoms with van der Waals surface area (Å²) in [5.41, 5.74) is 3.47. The summed E-state index contributed by atoms with van der Waals surface area (Å²) in [6.07, 6.45) is 4.22. The average Bonchev–Trinajstić information content (AvgIpc) is 3.24. The monoisotopic (exact) mass is 403 g/mol. The van der Waals surface area contributed by atoms with Crippen molar-refractivity contribution in [3.63, 3.8) is 0 Å². The Morgan fingerprint density at radius 3 is 3.03 bits per heavy atom. The molecule has 0 saturated carbocycles. The van der Waals surface area contributed by atoms with Crippen molar-refractivity contribution in [1.82, 2.24) is 9.97 Å². The lowest BCUT2D eigenvalue weighted by atomic mass is 10.0. The zero-order valence-electron chi connectivity index (χ0n) is 16.7. The summed E-state index contributed by atoms with van der Waals surface area (Å²) in [5.74, 6) is 1.27. The number of ether oxygens (including phenoxy) is 1. The van der Waals surface area contributed by atoms with Crippen LogP contribution in [-0.4, -0.2) is 29.2 Å². The van der Waals surface area contributed by atoms with Crippen LogP contribution in [0.2, 0.25) is 0 Å². The maximum atomic E-state index is 14.1. The highest BCUT2D eigenvalue weighted by Gasteiger charge is 2.30. The Hall–Kier alpha value is -3.40. The van der Waals surface area contributed by atoms with E-state index < -0.39 is 0 Å². The average molecular weight is 403 g/mol. The molecule has 0 unspecified atom stereocenters. The fraction of sp³-hybridized carbons (Fsp3) is 0.348. The van der Waals surface area contributed by atoms with Crippen molar-refractivity contribution in [2.24, 2.45) is 0 Å². The standard InChI is InChI=1S/C23H22FN5O/c1-14-9-11-30-20-7-5-15(24)12-16(20)19-4-3-10-29(19)21-8-6-17-22(28-21)23(27-14)18(25-2)13-26-17/h5-8,12-14,19,27H,3-4,9-11H2,1H3/t14-,19-/m0/s1. The van der Waals surface area contributed by atoms with Crippen molar-refractivity contribution in [3.05, 3.63) is 59.3 Å². The van der Waals surface area contributed by atoms with Crippen molar-refractivity contribution in [2.45, 2.75) is 38.3 Å². The number of rotatable bonds is 0. The Bertz CT molecular complexity index is 1160. The Balaban J connectivity index is 1.71. The zero-order chi connectivity index (χ0) is 20.7. The fourth-order valence-corrected chi connectivity index (χ4v) is 4.37. The van der Waals surface area contributed by atoms with Crippen LogP contribution in [0.5, 0.6) is 5.75 Å². The van der Waals surface area contributed by atoms with Crippen molar-refractivity contribution in [3.8, 4) is 5.75 Å². The number of halogens is 1. The minimum atomic E-state index is -0.261. The molecule has 2 aliphatic heterocycles. The molecule has 0 amide bonds. The molecule has 7 heteroatoms. The van der Waals surface area contributed by atoms with E-state index in [1.165, 1.54) is 6.07 Å². The van der Waals surface area contributed by atoms with Crippen LogP contribution < -0.4 is 15.0 Å². The minimum absolute atomic E-state index is 0.00719. The molecule has 3 aromatic rings. The summed E-state index contributed by atoms with van der Waals surface area (Å²) in [6.45, 7) is 10.9. The van der Waals surface area contributed by atoms with Gasteiger partial charge in [0.15, 0.2) is 0 Å². The molecule has 0 aliphatic carbocycles. The summed E-state index contributed by atoms with van der Waals surface area (Å²) < 4.78 is 20.2. The third kappa shape index (κ3) is 3.18. The van der Waals surface area contributed by atoms with Gasteiger partial charge in [0.05, 0.1) is 30.4 Å². The van der Waals surface area contributed by atoms with Crippen LogP contribution >= 0.6 is 0 Å². The Labute approximate surface area is 174 Å². The van der Waals surface area contributed by atoms with Crippen molar-refractivity contribution < 1.29 is 9.13 Å².